The van der Waals surface area contributed by atoms with Crippen LogP contribution >= 0.6 is 11.6 Å². The summed E-state index contributed by atoms with van der Waals surface area (Å²) < 4.78 is 0. The lowest BCUT2D eigenvalue weighted by atomic mass is 9.92. The number of carbonyl (C=O) groups is 1. The molecule has 1 N–H and O–H groups in total. The van der Waals surface area contributed by atoms with Crippen molar-refractivity contribution in [1.29, 1.82) is 0 Å². The summed E-state index contributed by atoms with van der Waals surface area (Å²) in [6.45, 7) is 3.00. The second-order valence-electron chi connectivity index (χ2n) is 8.72. The lowest BCUT2D eigenvalue weighted by Gasteiger charge is -2.31. The fourth-order valence-electron chi connectivity index (χ4n) is 4.42. The third kappa shape index (κ3) is 7.05. The topological polar surface area (TPSA) is 32.3 Å². The highest BCUT2D eigenvalue weighted by Crippen LogP contribution is 2.24. The number of rotatable bonds is 8. The van der Waals surface area contributed by atoms with Gasteiger partial charge < -0.3 is 5.32 Å². The maximum absolute atomic E-state index is 13.0. The average Bonchev–Trinajstić information content (AvgIpc) is 2.86. The van der Waals surface area contributed by atoms with Crippen molar-refractivity contribution in [3.63, 3.8) is 0 Å². The van der Waals surface area contributed by atoms with Gasteiger partial charge in [-0.2, -0.15) is 0 Å². The summed E-state index contributed by atoms with van der Waals surface area (Å²) in [5.41, 5.74) is 3.39. The van der Waals surface area contributed by atoms with E-state index in [1.54, 1.807) is 0 Å². The van der Waals surface area contributed by atoms with Crippen LogP contribution in [0.2, 0.25) is 5.02 Å². The standard InChI is InChI=1S/C29H31ClN2O/c30-27-15-13-23(14-16-27)8-7-19-32-20-17-24(18-21-32)22-28(33)31-29(25-9-3-1-4-10-25)26-11-5-2-6-12-26/h1-16,24,29H,17-22H2,(H,31,33)/b8-7+. The molecule has 1 aliphatic heterocycles. The van der Waals surface area contributed by atoms with E-state index in [4.69, 9.17) is 11.6 Å². The number of carbonyl (C=O) groups excluding carboxylic acids is 1. The summed E-state index contributed by atoms with van der Waals surface area (Å²) in [6.07, 6.45) is 7.06. The molecule has 0 aromatic heterocycles. The Labute approximate surface area is 202 Å². The molecule has 1 fully saturated rings. The molecule has 3 aromatic rings. The van der Waals surface area contributed by atoms with E-state index >= 15 is 0 Å². The van der Waals surface area contributed by atoms with Gasteiger partial charge in [-0.15, -0.1) is 0 Å². The summed E-state index contributed by atoms with van der Waals surface area (Å²) in [6, 6.07) is 28.2. The first kappa shape index (κ1) is 23.3. The van der Waals surface area contributed by atoms with Crippen molar-refractivity contribution in [2.45, 2.75) is 25.3 Å². The molecule has 0 aliphatic carbocycles. The predicted octanol–water partition coefficient (Wildman–Crippen LogP) is 6.36. The molecular formula is C29H31ClN2O. The van der Waals surface area contributed by atoms with Gasteiger partial charge in [-0.1, -0.05) is 96.5 Å². The van der Waals surface area contributed by atoms with Crippen molar-refractivity contribution in [1.82, 2.24) is 10.2 Å². The molecule has 1 aliphatic rings. The van der Waals surface area contributed by atoms with Crippen molar-refractivity contribution in [2.75, 3.05) is 19.6 Å². The molecule has 4 rings (SSSR count). The number of halogens is 1. The molecule has 1 heterocycles. The Balaban J connectivity index is 1.26. The Morgan fingerprint density at radius 1 is 0.909 bits per heavy atom. The Hall–Kier alpha value is -2.88. The average molecular weight is 459 g/mol. The van der Waals surface area contributed by atoms with Crippen LogP contribution in [-0.2, 0) is 4.79 Å². The summed E-state index contributed by atoms with van der Waals surface area (Å²) in [5, 5.41) is 4.05. The normalized spacial score (nSPS) is 15.2. The van der Waals surface area contributed by atoms with E-state index in [0.717, 1.165) is 54.2 Å². The maximum Gasteiger partial charge on any atom is 0.221 e. The van der Waals surface area contributed by atoms with Crippen LogP contribution in [0.1, 0.15) is 42.0 Å². The highest BCUT2D eigenvalue weighted by molar-refractivity contribution is 6.30. The number of benzene rings is 3. The van der Waals surface area contributed by atoms with E-state index in [1.165, 1.54) is 0 Å². The molecule has 1 saturated heterocycles. The van der Waals surface area contributed by atoms with Crippen molar-refractivity contribution in [2.24, 2.45) is 5.92 Å². The van der Waals surface area contributed by atoms with E-state index < -0.39 is 0 Å². The van der Waals surface area contributed by atoms with Crippen LogP contribution in [-0.4, -0.2) is 30.4 Å². The molecule has 3 aromatic carbocycles. The van der Waals surface area contributed by atoms with Crippen LogP contribution < -0.4 is 5.32 Å². The molecular weight excluding hydrogens is 428 g/mol. The first-order valence-corrected chi connectivity index (χ1v) is 12.1. The minimum absolute atomic E-state index is 0.113. The van der Waals surface area contributed by atoms with Gasteiger partial charge in [-0.05, 0) is 60.7 Å². The van der Waals surface area contributed by atoms with Crippen LogP contribution in [0.3, 0.4) is 0 Å². The van der Waals surface area contributed by atoms with Crippen molar-refractivity contribution >= 4 is 23.6 Å². The number of amides is 1. The van der Waals surface area contributed by atoms with Gasteiger partial charge in [0.05, 0.1) is 6.04 Å². The lowest BCUT2D eigenvalue weighted by molar-refractivity contribution is -0.122. The molecule has 0 atom stereocenters. The van der Waals surface area contributed by atoms with Crippen molar-refractivity contribution in [3.05, 3.63) is 113 Å². The van der Waals surface area contributed by atoms with Crippen molar-refractivity contribution < 1.29 is 4.79 Å². The number of nitrogens with zero attached hydrogens (tertiary/aromatic N) is 1. The third-order valence-electron chi connectivity index (χ3n) is 6.30. The van der Waals surface area contributed by atoms with Crippen LogP contribution in [0.15, 0.2) is 91.0 Å². The summed E-state index contributed by atoms with van der Waals surface area (Å²) in [7, 11) is 0. The van der Waals surface area contributed by atoms with Gasteiger partial charge in [-0.25, -0.2) is 0 Å². The van der Waals surface area contributed by atoms with Gasteiger partial charge >= 0.3 is 0 Å². The van der Waals surface area contributed by atoms with E-state index in [9.17, 15) is 4.79 Å². The largest absolute Gasteiger partial charge is 0.345 e. The maximum atomic E-state index is 13.0. The monoisotopic (exact) mass is 458 g/mol. The molecule has 0 radical (unpaired) electrons. The van der Waals surface area contributed by atoms with Gasteiger partial charge in [0.2, 0.25) is 5.91 Å². The first-order valence-electron chi connectivity index (χ1n) is 11.7. The predicted molar refractivity (Wildman–Crippen MR) is 137 cm³/mol. The zero-order valence-electron chi connectivity index (χ0n) is 18.9. The Morgan fingerprint density at radius 3 is 2.06 bits per heavy atom. The van der Waals surface area contributed by atoms with Crippen molar-refractivity contribution in [3.8, 4) is 0 Å². The Kier molecular flexibility index (Phi) is 8.35. The van der Waals surface area contributed by atoms with E-state index in [-0.39, 0.29) is 11.9 Å². The van der Waals surface area contributed by atoms with Crippen LogP contribution in [0.25, 0.3) is 6.08 Å². The van der Waals surface area contributed by atoms with Crippen LogP contribution in [0.4, 0.5) is 0 Å². The molecule has 170 valence electrons. The van der Waals surface area contributed by atoms with Crippen LogP contribution in [0.5, 0.6) is 0 Å². The Bertz CT molecular complexity index is 987. The summed E-state index contributed by atoms with van der Waals surface area (Å²) >= 11 is 5.95. The highest BCUT2D eigenvalue weighted by atomic mass is 35.5. The Morgan fingerprint density at radius 2 is 1.48 bits per heavy atom. The minimum atomic E-state index is -0.113. The molecule has 3 nitrogen and oxygen atoms in total. The smallest absolute Gasteiger partial charge is 0.221 e. The number of hydrogen-bond donors (Lipinski definition) is 1. The van der Waals surface area contributed by atoms with Gasteiger partial charge in [0, 0.05) is 18.0 Å². The number of piperidine rings is 1. The first-order chi connectivity index (χ1) is 16.2. The zero-order chi connectivity index (χ0) is 22.9. The van der Waals surface area contributed by atoms with Gasteiger partial charge in [0.1, 0.15) is 0 Å². The third-order valence-corrected chi connectivity index (χ3v) is 6.55. The SMILES string of the molecule is O=C(CC1CCN(C/C=C/c2ccc(Cl)cc2)CC1)NC(c1ccccc1)c1ccccc1. The fraction of sp³-hybridized carbons (Fsp3) is 0.276. The molecule has 0 saturated carbocycles. The quantitative estimate of drug-likeness (QED) is 0.426. The lowest BCUT2D eigenvalue weighted by Crippen LogP contribution is -2.36. The van der Waals surface area contributed by atoms with Crippen LogP contribution in [0, 0.1) is 5.92 Å². The molecule has 0 spiro atoms. The number of hydrogen-bond acceptors (Lipinski definition) is 2. The van der Waals surface area contributed by atoms with E-state index in [0.29, 0.717) is 12.3 Å². The fourth-order valence-corrected chi connectivity index (χ4v) is 4.54. The number of likely N-dealkylation sites (tertiary alicyclic amines) is 1. The number of nitrogens with one attached hydrogen (secondary N) is 1. The van der Waals surface area contributed by atoms with Gasteiger partial charge in [0.25, 0.3) is 0 Å². The van der Waals surface area contributed by atoms with E-state index in [1.807, 2.05) is 60.7 Å². The van der Waals surface area contributed by atoms with E-state index in [2.05, 4.69) is 46.6 Å². The van der Waals surface area contributed by atoms with Gasteiger partial charge in [0.15, 0.2) is 0 Å². The molecule has 0 unspecified atom stereocenters. The van der Waals surface area contributed by atoms with Gasteiger partial charge in [-0.3, -0.25) is 9.69 Å². The molecule has 0 bridgehead atoms. The second-order valence-corrected chi connectivity index (χ2v) is 9.16. The minimum Gasteiger partial charge on any atom is -0.345 e. The highest BCUT2D eigenvalue weighted by Gasteiger charge is 2.23. The summed E-state index contributed by atoms with van der Waals surface area (Å²) in [4.78, 5) is 15.4. The summed E-state index contributed by atoms with van der Waals surface area (Å²) in [5.74, 6) is 0.572. The molecule has 4 heteroatoms. The molecule has 1 amide bonds. The second kappa shape index (κ2) is 11.8. The zero-order valence-corrected chi connectivity index (χ0v) is 19.6. The molecule has 33 heavy (non-hydrogen) atoms.